The zero-order chi connectivity index (χ0) is 19.0. The molecule has 142 valence electrons. The third-order valence-electron chi connectivity index (χ3n) is 5.69. The van der Waals surface area contributed by atoms with Crippen molar-refractivity contribution < 1.29 is 13.2 Å². The molecule has 6 heteroatoms. The summed E-state index contributed by atoms with van der Waals surface area (Å²) in [6, 6.07) is 15.3. The topological polar surface area (TPSA) is 57.7 Å². The van der Waals surface area contributed by atoms with Crippen LogP contribution in [0.4, 0.5) is 0 Å². The molecule has 0 aromatic heterocycles. The first kappa shape index (κ1) is 18.3. The van der Waals surface area contributed by atoms with Crippen molar-refractivity contribution in [2.45, 2.75) is 30.7 Å². The number of nitrogens with zero attached hydrogens (tertiary/aromatic N) is 2. The van der Waals surface area contributed by atoms with Crippen molar-refractivity contribution in [2.24, 2.45) is 0 Å². The van der Waals surface area contributed by atoms with E-state index in [0.717, 1.165) is 25.9 Å². The number of piperazine rings is 1. The Labute approximate surface area is 160 Å². The lowest BCUT2D eigenvalue weighted by molar-refractivity contribution is 0.101. The van der Waals surface area contributed by atoms with Crippen molar-refractivity contribution in [3.05, 3.63) is 65.2 Å². The van der Waals surface area contributed by atoms with Gasteiger partial charge in [0.05, 0.1) is 4.90 Å². The van der Waals surface area contributed by atoms with E-state index in [1.807, 2.05) is 0 Å². The zero-order valence-electron chi connectivity index (χ0n) is 15.5. The Kier molecular flexibility index (Phi) is 4.88. The van der Waals surface area contributed by atoms with E-state index in [9.17, 15) is 13.2 Å². The molecule has 2 aliphatic rings. The number of carbonyl (C=O) groups excluding carboxylic acids is 1. The van der Waals surface area contributed by atoms with Gasteiger partial charge in [-0.1, -0.05) is 36.4 Å². The van der Waals surface area contributed by atoms with Crippen LogP contribution in [0.25, 0.3) is 0 Å². The van der Waals surface area contributed by atoms with Gasteiger partial charge in [0.15, 0.2) is 5.78 Å². The number of fused-ring (bicyclic) bond motifs is 1. The Balaban J connectivity index is 1.48. The molecule has 2 aromatic carbocycles. The third kappa shape index (κ3) is 3.45. The maximum Gasteiger partial charge on any atom is 0.243 e. The van der Waals surface area contributed by atoms with E-state index in [1.54, 1.807) is 22.5 Å². The van der Waals surface area contributed by atoms with E-state index in [-0.39, 0.29) is 10.7 Å². The fraction of sp³-hybridized carbons (Fsp3) is 0.381. The Hall–Kier alpha value is -2.02. The minimum absolute atomic E-state index is 0.128. The molecular weight excluding hydrogens is 360 g/mol. The van der Waals surface area contributed by atoms with Crippen LogP contribution in [0.1, 0.15) is 40.9 Å². The SMILES string of the molecule is CC(=O)c1cccc(S(=O)(=O)N2CCN(C3CCc4ccccc43)CC2)c1. The highest BCUT2D eigenvalue weighted by atomic mass is 32.2. The molecule has 1 aliphatic carbocycles. The molecule has 5 nitrogen and oxygen atoms in total. The van der Waals surface area contributed by atoms with Crippen molar-refractivity contribution in [3.8, 4) is 0 Å². The van der Waals surface area contributed by atoms with Crippen molar-refractivity contribution in [3.63, 3.8) is 0 Å². The van der Waals surface area contributed by atoms with E-state index in [1.165, 1.54) is 24.1 Å². The van der Waals surface area contributed by atoms with Gasteiger partial charge in [0.2, 0.25) is 10.0 Å². The first-order valence-electron chi connectivity index (χ1n) is 9.40. The molecule has 0 radical (unpaired) electrons. The number of sulfonamides is 1. The van der Waals surface area contributed by atoms with E-state index in [2.05, 4.69) is 29.2 Å². The van der Waals surface area contributed by atoms with Gasteiger partial charge >= 0.3 is 0 Å². The van der Waals surface area contributed by atoms with Crippen molar-refractivity contribution >= 4 is 15.8 Å². The van der Waals surface area contributed by atoms with Crippen molar-refractivity contribution in [1.29, 1.82) is 0 Å². The molecule has 4 rings (SSSR count). The molecule has 1 unspecified atom stereocenters. The summed E-state index contributed by atoms with van der Waals surface area (Å²) in [6.07, 6.45) is 2.20. The summed E-state index contributed by atoms with van der Waals surface area (Å²) in [5, 5.41) is 0. The molecule has 1 aliphatic heterocycles. The highest BCUT2D eigenvalue weighted by Gasteiger charge is 2.34. The molecule has 0 saturated carbocycles. The van der Waals surface area contributed by atoms with E-state index < -0.39 is 10.0 Å². The van der Waals surface area contributed by atoms with Gasteiger partial charge in [0.1, 0.15) is 0 Å². The summed E-state index contributed by atoms with van der Waals surface area (Å²) in [7, 11) is -3.57. The Morgan fingerprint density at radius 3 is 2.48 bits per heavy atom. The summed E-state index contributed by atoms with van der Waals surface area (Å²) in [5.74, 6) is -0.128. The summed E-state index contributed by atoms with van der Waals surface area (Å²) in [4.78, 5) is 14.2. The van der Waals surface area contributed by atoms with Crippen LogP contribution in [0.2, 0.25) is 0 Å². The molecule has 0 bridgehead atoms. The number of carbonyl (C=O) groups is 1. The molecule has 0 amide bonds. The smallest absolute Gasteiger partial charge is 0.243 e. The van der Waals surface area contributed by atoms with Crippen molar-refractivity contribution in [1.82, 2.24) is 9.21 Å². The second-order valence-electron chi connectivity index (χ2n) is 7.28. The molecule has 1 atom stereocenters. The average molecular weight is 385 g/mol. The van der Waals surface area contributed by atoms with E-state index >= 15 is 0 Å². The summed E-state index contributed by atoms with van der Waals surface area (Å²) in [6.45, 7) is 3.86. The van der Waals surface area contributed by atoms with Crippen LogP contribution >= 0.6 is 0 Å². The number of Topliss-reactive ketones (excluding diaryl/α,β-unsaturated/α-hetero) is 1. The Bertz CT molecular complexity index is 963. The lowest BCUT2D eigenvalue weighted by Crippen LogP contribution is -2.49. The highest BCUT2D eigenvalue weighted by molar-refractivity contribution is 7.89. The molecule has 2 aromatic rings. The van der Waals surface area contributed by atoms with Crippen LogP contribution < -0.4 is 0 Å². The lowest BCUT2D eigenvalue weighted by Gasteiger charge is -2.37. The van der Waals surface area contributed by atoms with Gasteiger partial charge in [-0.25, -0.2) is 8.42 Å². The van der Waals surface area contributed by atoms with Gasteiger partial charge in [-0.2, -0.15) is 4.31 Å². The average Bonchev–Trinajstić information content (AvgIpc) is 3.12. The summed E-state index contributed by atoms with van der Waals surface area (Å²) >= 11 is 0. The highest BCUT2D eigenvalue weighted by Crippen LogP contribution is 2.36. The van der Waals surface area contributed by atoms with E-state index in [4.69, 9.17) is 0 Å². The lowest BCUT2D eigenvalue weighted by atomic mass is 10.1. The van der Waals surface area contributed by atoms with Crippen LogP contribution in [0, 0.1) is 0 Å². The van der Waals surface area contributed by atoms with Gasteiger partial charge in [-0.3, -0.25) is 9.69 Å². The number of hydrogen-bond acceptors (Lipinski definition) is 4. The van der Waals surface area contributed by atoms with Crippen LogP contribution in [0.15, 0.2) is 53.4 Å². The van der Waals surface area contributed by atoms with Gasteiger partial charge in [0, 0.05) is 37.8 Å². The number of hydrogen-bond donors (Lipinski definition) is 0. The quantitative estimate of drug-likeness (QED) is 0.761. The number of ketones is 1. The maximum atomic E-state index is 13.0. The standard InChI is InChI=1S/C21H24N2O3S/c1-16(24)18-6-4-7-19(15-18)27(25,26)23-13-11-22(12-14-23)21-10-9-17-5-2-3-8-20(17)21/h2-8,15,21H,9-14H2,1H3. The van der Waals surface area contributed by atoms with Crippen LogP contribution in [0.3, 0.4) is 0 Å². The minimum Gasteiger partial charge on any atom is -0.295 e. The number of benzene rings is 2. The van der Waals surface area contributed by atoms with Gasteiger partial charge < -0.3 is 0 Å². The second-order valence-corrected chi connectivity index (χ2v) is 9.22. The summed E-state index contributed by atoms with van der Waals surface area (Å²) < 4.78 is 27.5. The molecule has 27 heavy (non-hydrogen) atoms. The van der Waals surface area contributed by atoms with Gasteiger partial charge in [0.25, 0.3) is 0 Å². The summed E-state index contributed by atoms with van der Waals surface area (Å²) in [5.41, 5.74) is 3.24. The largest absolute Gasteiger partial charge is 0.295 e. The molecule has 1 fully saturated rings. The molecule has 1 saturated heterocycles. The minimum atomic E-state index is -3.57. The second kappa shape index (κ2) is 7.19. The number of aryl methyl sites for hydroxylation is 1. The molecule has 1 heterocycles. The maximum absolute atomic E-state index is 13.0. The third-order valence-corrected chi connectivity index (χ3v) is 7.59. The first-order chi connectivity index (χ1) is 13.0. The van der Waals surface area contributed by atoms with Crippen LogP contribution in [-0.4, -0.2) is 49.6 Å². The normalized spacial score (nSPS) is 21.1. The molecular formula is C21H24N2O3S. The molecule has 0 N–H and O–H groups in total. The van der Waals surface area contributed by atoms with Crippen LogP contribution in [-0.2, 0) is 16.4 Å². The first-order valence-corrected chi connectivity index (χ1v) is 10.8. The monoisotopic (exact) mass is 384 g/mol. The fourth-order valence-electron chi connectivity index (χ4n) is 4.19. The van der Waals surface area contributed by atoms with Crippen LogP contribution in [0.5, 0.6) is 0 Å². The molecule has 0 spiro atoms. The predicted molar refractivity (Wildman–Crippen MR) is 104 cm³/mol. The predicted octanol–water partition coefficient (Wildman–Crippen LogP) is 2.88. The van der Waals surface area contributed by atoms with Gasteiger partial charge in [-0.15, -0.1) is 0 Å². The number of rotatable bonds is 4. The Morgan fingerprint density at radius 2 is 1.74 bits per heavy atom. The van der Waals surface area contributed by atoms with Gasteiger partial charge in [-0.05, 0) is 43.0 Å². The van der Waals surface area contributed by atoms with E-state index in [0.29, 0.717) is 24.7 Å². The fourth-order valence-corrected chi connectivity index (χ4v) is 5.66. The zero-order valence-corrected chi connectivity index (χ0v) is 16.3. The van der Waals surface area contributed by atoms with Crippen molar-refractivity contribution in [2.75, 3.05) is 26.2 Å². The Morgan fingerprint density at radius 1 is 1.00 bits per heavy atom.